The van der Waals surface area contributed by atoms with Gasteiger partial charge in [-0.25, -0.2) is 4.98 Å². The number of nitrogens with one attached hydrogen (secondary N) is 2. The number of nitrogens with zero attached hydrogens (tertiary/aromatic N) is 1. The van der Waals surface area contributed by atoms with E-state index in [1.165, 1.54) is 17.8 Å². The number of carbonyl (C=O) groups is 1. The van der Waals surface area contributed by atoms with Crippen LogP contribution in [0.2, 0.25) is 0 Å². The molecule has 0 spiro atoms. The predicted octanol–water partition coefficient (Wildman–Crippen LogP) is 3.59. The Labute approximate surface area is 158 Å². The van der Waals surface area contributed by atoms with Crippen LogP contribution in [0.4, 0.5) is 0 Å². The molecule has 8 heteroatoms. The Bertz CT molecular complexity index is 666. The molecule has 0 saturated carbocycles. The Kier molecular flexibility index (Phi) is 8.22. The summed E-state index contributed by atoms with van der Waals surface area (Å²) in [4.78, 5) is 17.4. The Hall–Kier alpha value is -1.08. The van der Waals surface area contributed by atoms with Crippen molar-refractivity contribution in [3.8, 4) is 10.8 Å². The minimum Gasteiger partial charge on any atom is -0.459 e. The summed E-state index contributed by atoms with van der Waals surface area (Å²) < 4.78 is 5.58. The molecule has 0 radical (unpaired) electrons. The molecule has 1 aliphatic rings. The normalized spacial score (nSPS) is 16.3. The third-order valence-corrected chi connectivity index (χ3v) is 5.13. The molecule has 1 atom stereocenters. The minimum atomic E-state index is -0.0320. The lowest BCUT2D eigenvalue weighted by molar-refractivity contribution is 0.0955. The Balaban J connectivity index is 0.00000144. The number of rotatable bonds is 5. The average molecular weight is 392 g/mol. The van der Waals surface area contributed by atoms with E-state index in [1.54, 1.807) is 0 Å². The highest BCUT2D eigenvalue weighted by molar-refractivity contribution is 7.17. The molecular weight excluding hydrogens is 369 g/mol. The topological polar surface area (TPSA) is 67.2 Å². The van der Waals surface area contributed by atoms with Crippen LogP contribution in [0.1, 0.15) is 34.0 Å². The maximum Gasteiger partial charge on any atom is 0.263 e. The summed E-state index contributed by atoms with van der Waals surface area (Å²) in [6.07, 6.45) is 2.23. The van der Waals surface area contributed by atoms with E-state index in [0.29, 0.717) is 10.8 Å². The van der Waals surface area contributed by atoms with Gasteiger partial charge in [-0.3, -0.25) is 4.79 Å². The number of hydrogen-bond acceptors (Lipinski definition) is 5. The first kappa shape index (κ1) is 21.0. The highest BCUT2D eigenvalue weighted by Gasteiger charge is 2.19. The second-order valence-corrected chi connectivity index (χ2v) is 6.75. The molecule has 0 bridgehead atoms. The fourth-order valence-electron chi connectivity index (χ4n) is 2.69. The van der Waals surface area contributed by atoms with Crippen LogP contribution in [-0.4, -0.2) is 30.5 Å². The van der Waals surface area contributed by atoms with Gasteiger partial charge in [-0.15, -0.1) is 36.2 Å². The maximum absolute atomic E-state index is 12.3. The summed E-state index contributed by atoms with van der Waals surface area (Å²) >= 11 is 1.39. The minimum absolute atomic E-state index is 0. The molecule has 2 aromatic heterocycles. The van der Waals surface area contributed by atoms with E-state index in [9.17, 15) is 4.79 Å². The third-order valence-electron chi connectivity index (χ3n) is 3.95. The number of aryl methyl sites for hydroxylation is 2. The fraction of sp³-hybridized carbons (Fsp3) is 0.500. The van der Waals surface area contributed by atoms with Crippen molar-refractivity contribution in [2.75, 3.05) is 19.6 Å². The molecule has 1 saturated heterocycles. The van der Waals surface area contributed by atoms with E-state index in [1.807, 2.05) is 26.0 Å². The smallest absolute Gasteiger partial charge is 0.263 e. The van der Waals surface area contributed by atoms with Crippen molar-refractivity contribution in [1.82, 2.24) is 15.6 Å². The molecule has 1 fully saturated rings. The lowest BCUT2D eigenvalue weighted by atomic mass is 10.1. The first-order valence-corrected chi connectivity index (χ1v) is 8.48. The zero-order valence-electron chi connectivity index (χ0n) is 13.8. The molecule has 1 amide bonds. The van der Waals surface area contributed by atoms with Crippen molar-refractivity contribution < 1.29 is 9.21 Å². The van der Waals surface area contributed by atoms with E-state index < -0.39 is 0 Å². The van der Waals surface area contributed by atoms with Crippen molar-refractivity contribution in [2.45, 2.75) is 26.7 Å². The van der Waals surface area contributed by atoms with Crippen LogP contribution in [0.25, 0.3) is 10.8 Å². The molecular formula is C16H23Cl2N3O2S. The van der Waals surface area contributed by atoms with Crippen LogP contribution < -0.4 is 10.6 Å². The number of furan rings is 1. The van der Waals surface area contributed by atoms with Crippen LogP contribution in [0.3, 0.4) is 0 Å². The van der Waals surface area contributed by atoms with Crippen molar-refractivity contribution in [3.05, 3.63) is 28.5 Å². The number of amides is 1. The third kappa shape index (κ3) is 4.96. The van der Waals surface area contributed by atoms with Gasteiger partial charge in [0.15, 0.2) is 10.8 Å². The van der Waals surface area contributed by atoms with Gasteiger partial charge in [-0.2, -0.15) is 0 Å². The highest BCUT2D eigenvalue weighted by Crippen LogP contribution is 2.29. The quantitative estimate of drug-likeness (QED) is 0.816. The van der Waals surface area contributed by atoms with E-state index >= 15 is 0 Å². The van der Waals surface area contributed by atoms with Crippen molar-refractivity contribution >= 4 is 42.1 Å². The lowest BCUT2D eigenvalue weighted by Crippen LogP contribution is -2.26. The van der Waals surface area contributed by atoms with E-state index in [0.717, 1.165) is 48.3 Å². The molecule has 1 aliphatic heterocycles. The molecule has 2 N–H and O–H groups in total. The van der Waals surface area contributed by atoms with Gasteiger partial charge < -0.3 is 15.1 Å². The number of halogens is 2. The lowest BCUT2D eigenvalue weighted by Gasteiger charge is -2.08. The van der Waals surface area contributed by atoms with Crippen LogP contribution in [0.5, 0.6) is 0 Å². The summed E-state index contributed by atoms with van der Waals surface area (Å²) in [5, 5.41) is 7.11. The van der Waals surface area contributed by atoms with Gasteiger partial charge in [0.1, 0.15) is 10.6 Å². The number of thiazole rings is 1. The number of carbonyl (C=O) groups excluding carboxylic acids is 1. The second-order valence-electron chi connectivity index (χ2n) is 5.75. The Morgan fingerprint density at radius 1 is 1.42 bits per heavy atom. The van der Waals surface area contributed by atoms with Crippen molar-refractivity contribution in [3.63, 3.8) is 0 Å². The van der Waals surface area contributed by atoms with Gasteiger partial charge in [0.05, 0.1) is 5.69 Å². The Morgan fingerprint density at radius 3 is 2.83 bits per heavy atom. The van der Waals surface area contributed by atoms with Crippen molar-refractivity contribution in [2.24, 2.45) is 5.92 Å². The molecule has 0 aliphatic carbocycles. The maximum atomic E-state index is 12.3. The SMILES string of the molecule is Cc1ccc(-c2nc(C)c(C(=O)NCCC3CCNC3)s2)o1.Cl.Cl. The predicted molar refractivity (Wildman–Crippen MR) is 102 cm³/mol. The summed E-state index contributed by atoms with van der Waals surface area (Å²) in [6, 6.07) is 3.80. The molecule has 0 aromatic carbocycles. The van der Waals surface area contributed by atoms with Crippen molar-refractivity contribution in [1.29, 1.82) is 0 Å². The van der Waals surface area contributed by atoms with Gasteiger partial charge in [0, 0.05) is 6.54 Å². The zero-order chi connectivity index (χ0) is 15.5. The first-order chi connectivity index (χ1) is 10.6. The van der Waals surface area contributed by atoms with Crippen LogP contribution in [-0.2, 0) is 0 Å². The molecule has 5 nitrogen and oxygen atoms in total. The number of aromatic nitrogens is 1. The zero-order valence-corrected chi connectivity index (χ0v) is 16.2. The summed E-state index contributed by atoms with van der Waals surface area (Å²) in [7, 11) is 0. The van der Waals surface area contributed by atoms with Gasteiger partial charge in [-0.1, -0.05) is 0 Å². The number of hydrogen-bond donors (Lipinski definition) is 2. The van der Waals surface area contributed by atoms with E-state index in [-0.39, 0.29) is 30.7 Å². The van der Waals surface area contributed by atoms with Gasteiger partial charge in [0.25, 0.3) is 5.91 Å². The Morgan fingerprint density at radius 2 is 2.21 bits per heavy atom. The molecule has 3 rings (SSSR count). The van der Waals surface area contributed by atoms with Gasteiger partial charge >= 0.3 is 0 Å². The van der Waals surface area contributed by atoms with E-state index in [2.05, 4.69) is 15.6 Å². The monoisotopic (exact) mass is 391 g/mol. The largest absolute Gasteiger partial charge is 0.459 e. The molecule has 3 heterocycles. The second kappa shape index (κ2) is 9.42. The van der Waals surface area contributed by atoms with Crippen LogP contribution in [0.15, 0.2) is 16.5 Å². The standard InChI is InChI=1S/C16H21N3O2S.2ClH/c1-10-3-4-13(21-10)16-19-11(2)14(22-16)15(20)18-8-6-12-5-7-17-9-12;;/h3-4,12,17H,5-9H2,1-2H3,(H,18,20);2*1H. The summed E-state index contributed by atoms with van der Waals surface area (Å²) in [6.45, 7) is 6.65. The van der Waals surface area contributed by atoms with Crippen LogP contribution >= 0.6 is 36.2 Å². The molecule has 24 heavy (non-hydrogen) atoms. The van der Waals surface area contributed by atoms with Gasteiger partial charge in [0.2, 0.25) is 0 Å². The highest BCUT2D eigenvalue weighted by atomic mass is 35.5. The molecule has 1 unspecified atom stereocenters. The molecule has 2 aromatic rings. The van der Waals surface area contributed by atoms with Crippen LogP contribution in [0, 0.1) is 19.8 Å². The first-order valence-electron chi connectivity index (χ1n) is 7.66. The summed E-state index contributed by atoms with van der Waals surface area (Å²) in [5.41, 5.74) is 0.758. The average Bonchev–Trinajstić information content (AvgIpc) is 3.19. The fourth-order valence-corrected chi connectivity index (χ4v) is 3.64. The van der Waals surface area contributed by atoms with Gasteiger partial charge in [-0.05, 0) is 57.8 Å². The molecule has 134 valence electrons. The van der Waals surface area contributed by atoms with E-state index in [4.69, 9.17) is 4.42 Å². The summed E-state index contributed by atoms with van der Waals surface area (Å²) in [5.74, 6) is 2.22.